The summed E-state index contributed by atoms with van der Waals surface area (Å²) in [6.07, 6.45) is 3.70. The molecule has 0 aliphatic carbocycles. The molecule has 4 nitrogen and oxygen atoms in total. The van der Waals surface area contributed by atoms with Crippen LogP contribution in [-0.4, -0.2) is 16.5 Å². The van der Waals surface area contributed by atoms with Gasteiger partial charge < -0.3 is 9.73 Å². The van der Waals surface area contributed by atoms with Crippen molar-refractivity contribution < 1.29 is 4.42 Å². The van der Waals surface area contributed by atoms with Crippen LogP contribution in [-0.2, 0) is 6.42 Å². The van der Waals surface area contributed by atoms with E-state index in [1.54, 1.807) is 6.20 Å². The lowest BCUT2D eigenvalue weighted by molar-refractivity contribution is 0.525. The van der Waals surface area contributed by atoms with Crippen LogP contribution >= 0.6 is 0 Å². The van der Waals surface area contributed by atoms with Crippen LogP contribution in [0.15, 0.2) is 28.8 Å². The zero-order chi connectivity index (χ0) is 12.1. The summed E-state index contributed by atoms with van der Waals surface area (Å²) in [6, 6.07) is 5.74. The predicted octanol–water partition coefficient (Wildman–Crippen LogP) is 3.12. The van der Waals surface area contributed by atoms with E-state index >= 15 is 0 Å². The van der Waals surface area contributed by atoms with Crippen molar-refractivity contribution in [2.75, 3.05) is 11.9 Å². The minimum atomic E-state index is 0.630. The summed E-state index contributed by atoms with van der Waals surface area (Å²) >= 11 is 0. The van der Waals surface area contributed by atoms with E-state index in [2.05, 4.69) is 29.1 Å². The molecule has 0 aliphatic heterocycles. The molecule has 17 heavy (non-hydrogen) atoms. The van der Waals surface area contributed by atoms with Gasteiger partial charge in [-0.25, -0.2) is 9.97 Å². The van der Waals surface area contributed by atoms with Gasteiger partial charge in [0.1, 0.15) is 11.6 Å². The monoisotopic (exact) mass is 231 g/mol. The summed E-state index contributed by atoms with van der Waals surface area (Å²) in [5.74, 6) is 3.15. The van der Waals surface area contributed by atoms with Crippen LogP contribution in [0.3, 0.4) is 0 Å². The zero-order valence-electron chi connectivity index (χ0n) is 10.2. The van der Waals surface area contributed by atoms with Gasteiger partial charge in [0.15, 0.2) is 11.6 Å². The van der Waals surface area contributed by atoms with Gasteiger partial charge in [0.05, 0.1) is 0 Å². The van der Waals surface area contributed by atoms with Crippen molar-refractivity contribution in [1.29, 1.82) is 0 Å². The molecule has 4 heteroatoms. The molecule has 0 atom stereocenters. The fraction of sp³-hybridized carbons (Fsp3) is 0.385. The minimum Gasteiger partial charge on any atom is -0.458 e. The van der Waals surface area contributed by atoms with Crippen molar-refractivity contribution >= 4 is 5.82 Å². The SMILES string of the molecule is CCCNc1ccnc(-c2ccc(CC)o2)n1. The maximum absolute atomic E-state index is 5.63. The van der Waals surface area contributed by atoms with Crippen molar-refractivity contribution in [3.05, 3.63) is 30.2 Å². The van der Waals surface area contributed by atoms with E-state index in [1.165, 1.54) is 0 Å². The Morgan fingerprint density at radius 3 is 2.82 bits per heavy atom. The Hall–Kier alpha value is -1.84. The molecule has 0 saturated carbocycles. The molecule has 0 amide bonds. The third-order valence-electron chi connectivity index (χ3n) is 2.44. The first kappa shape index (κ1) is 11.6. The van der Waals surface area contributed by atoms with Gasteiger partial charge in [0, 0.05) is 19.2 Å². The van der Waals surface area contributed by atoms with Crippen molar-refractivity contribution in [2.24, 2.45) is 0 Å². The van der Waals surface area contributed by atoms with Crippen LogP contribution in [0.1, 0.15) is 26.0 Å². The van der Waals surface area contributed by atoms with Gasteiger partial charge in [0.2, 0.25) is 0 Å². The number of hydrogen-bond donors (Lipinski definition) is 1. The molecule has 2 aromatic rings. The molecule has 90 valence electrons. The molecule has 0 fully saturated rings. The Morgan fingerprint density at radius 2 is 2.12 bits per heavy atom. The van der Waals surface area contributed by atoms with E-state index in [1.807, 2.05) is 18.2 Å². The Morgan fingerprint density at radius 1 is 1.24 bits per heavy atom. The van der Waals surface area contributed by atoms with Gasteiger partial charge in [-0.15, -0.1) is 0 Å². The molecule has 1 N–H and O–H groups in total. The van der Waals surface area contributed by atoms with Gasteiger partial charge in [-0.05, 0) is 24.6 Å². The molecule has 0 saturated heterocycles. The lowest BCUT2D eigenvalue weighted by Gasteiger charge is -2.03. The standard InChI is InChI=1S/C13H17N3O/c1-3-8-14-12-7-9-15-13(16-12)11-6-5-10(4-2)17-11/h5-7,9H,3-4,8H2,1-2H3,(H,14,15,16). The van der Waals surface area contributed by atoms with Gasteiger partial charge in [0.25, 0.3) is 0 Å². The van der Waals surface area contributed by atoms with Gasteiger partial charge >= 0.3 is 0 Å². The van der Waals surface area contributed by atoms with Crippen LogP contribution in [0, 0.1) is 0 Å². The lowest BCUT2D eigenvalue weighted by Crippen LogP contribution is -2.02. The lowest BCUT2D eigenvalue weighted by atomic mass is 10.3. The van der Waals surface area contributed by atoms with Crippen LogP contribution < -0.4 is 5.32 Å². The zero-order valence-corrected chi connectivity index (χ0v) is 10.2. The number of nitrogens with zero attached hydrogens (tertiary/aromatic N) is 2. The average molecular weight is 231 g/mol. The molecule has 2 rings (SSSR count). The molecule has 0 aromatic carbocycles. The summed E-state index contributed by atoms with van der Waals surface area (Å²) in [6.45, 7) is 5.09. The highest BCUT2D eigenvalue weighted by Gasteiger charge is 2.07. The Labute approximate surface area is 101 Å². The molecule has 2 aromatic heterocycles. The smallest absolute Gasteiger partial charge is 0.197 e. The van der Waals surface area contributed by atoms with Crippen LogP contribution in [0.2, 0.25) is 0 Å². The second-order valence-electron chi connectivity index (χ2n) is 3.81. The number of rotatable bonds is 5. The largest absolute Gasteiger partial charge is 0.458 e. The highest BCUT2D eigenvalue weighted by Crippen LogP contribution is 2.19. The van der Waals surface area contributed by atoms with Crippen LogP contribution in [0.25, 0.3) is 11.6 Å². The van der Waals surface area contributed by atoms with Crippen LogP contribution in [0.4, 0.5) is 5.82 Å². The first-order valence-corrected chi connectivity index (χ1v) is 5.99. The molecule has 2 heterocycles. The van der Waals surface area contributed by atoms with Crippen molar-refractivity contribution in [3.8, 4) is 11.6 Å². The van der Waals surface area contributed by atoms with Gasteiger partial charge in [-0.1, -0.05) is 13.8 Å². The maximum Gasteiger partial charge on any atom is 0.197 e. The van der Waals surface area contributed by atoms with E-state index in [9.17, 15) is 0 Å². The van der Waals surface area contributed by atoms with Gasteiger partial charge in [-0.3, -0.25) is 0 Å². The molecule has 0 aliphatic rings. The highest BCUT2D eigenvalue weighted by molar-refractivity contribution is 5.50. The highest BCUT2D eigenvalue weighted by atomic mass is 16.3. The quantitative estimate of drug-likeness (QED) is 0.859. The second kappa shape index (κ2) is 5.48. The first-order chi connectivity index (χ1) is 8.33. The fourth-order valence-electron chi connectivity index (χ4n) is 1.52. The summed E-state index contributed by atoms with van der Waals surface area (Å²) < 4.78 is 5.63. The summed E-state index contributed by atoms with van der Waals surface area (Å²) in [7, 11) is 0. The van der Waals surface area contributed by atoms with Crippen molar-refractivity contribution in [2.45, 2.75) is 26.7 Å². The van der Waals surface area contributed by atoms with E-state index in [0.29, 0.717) is 5.82 Å². The first-order valence-electron chi connectivity index (χ1n) is 5.99. The second-order valence-corrected chi connectivity index (χ2v) is 3.81. The summed E-state index contributed by atoms with van der Waals surface area (Å²) in [4.78, 5) is 8.63. The fourth-order valence-corrected chi connectivity index (χ4v) is 1.52. The Balaban J connectivity index is 2.20. The number of aromatic nitrogens is 2. The maximum atomic E-state index is 5.63. The van der Waals surface area contributed by atoms with E-state index in [0.717, 1.165) is 36.7 Å². The Bertz CT molecular complexity index is 479. The van der Waals surface area contributed by atoms with Crippen molar-refractivity contribution in [1.82, 2.24) is 9.97 Å². The minimum absolute atomic E-state index is 0.630. The summed E-state index contributed by atoms with van der Waals surface area (Å²) in [5, 5.41) is 3.23. The van der Waals surface area contributed by atoms with E-state index < -0.39 is 0 Å². The number of anilines is 1. The predicted molar refractivity (Wildman–Crippen MR) is 67.9 cm³/mol. The molecule has 0 unspecified atom stereocenters. The third kappa shape index (κ3) is 2.84. The molecule has 0 spiro atoms. The van der Waals surface area contributed by atoms with Gasteiger partial charge in [-0.2, -0.15) is 0 Å². The number of aryl methyl sites for hydroxylation is 1. The topological polar surface area (TPSA) is 51.0 Å². The summed E-state index contributed by atoms with van der Waals surface area (Å²) in [5.41, 5.74) is 0. The number of furan rings is 1. The molecular formula is C13H17N3O. The number of hydrogen-bond acceptors (Lipinski definition) is 4. The molecule has 0 bridgehead atoms. The van der Waals surface area contributed by atoms with E-state index in [-0.39, 0.29) is 0 Å². The van der Waals surface area contributed by atoms with Crippen LogP contribution in [0.5, 0.6) is 0 Å². The van der Waals surface area contributed by atoms with E-state index in [4.69, 9.17) is 4.42 Å². The Kier molecular flexibility index (Phi) is 3.75. The van der Waals surface area contributed by atoms with Crippen molar-refractivity contribution in [3.63, 3.8) is 0 Å². The third-order valence-corrected chi connectivity index (χ3v) is 2.44. The molecular weight excluding hydrogens is 214 g/mol. The normalized spacial score (nSPS) is 10.5. The number of nitrogens with one attached hydrogen (secondary N) is 1. The molecule has 0 radical (unpaired) electrons. The average Bonchev–Trinajstić information content (AvgIpc) is 2.85.